The van der Waals surface area contributed by atoms with Gasteiger partial charge in [-0.05, 0) is 87.4 Å². The van der Waals surface area contributed by atoms with Crippen molar-refractivity contribution in [2.45, 2.75) is 23.7 Å². The number of rotatable bonds is 0. The molecule has 0 bridgehead atoms. The van der Waals surface area contributed by atoms with Crippen LogP contribution in [0.4, 0.5) is 0 Å². The lowest BCUT2D eigenvalue weighted by Gasteiger charge is -2.46. The number of hydrogen-bond donors (Lipinski definition) is 0. The Balaban J connectivity index is 1.98. The highest BCUT2D eigenvalue weighted by Crippen LogP contribution is 2.68. The molecule has 2 aromatic carbocycles. The third kappa shape index (κ3) is 1.49. The van der Waals surface area contributed by atoms with Crippen LogP contribution in [0.3, 0.4) is 0 Å². The first-order valence-corrected chi connectivity index (χ1v) is 9.76. The maximum atomic E-state index is 2.55. The maximum absolute atomic E-state index is 2.55. The summed E-state index contributed by atoms with van der Waals surface area (Å²) in [6, 6.07) is 18.1. The molecule has 0 aromatic heterocycles. The van der Waals surface area contributed by atoms with Crippen LogP contribution in [0, 0.1) is 0 Å². The van der Waals surface area contributed by atoms with Gasteiger partial charge in [0.25, 0.3) is 0 Å². The van der Waals surface area contributed by atoms with Gasteiger partial charge in [0.15, 0.2) is 0 Å². The molecule has 0 nitrogen and oxygen atoms in total. The Hall–Kier alpha value is -0.620. The predicted molar refractivity (Wildman–Crippen MR) is 109 cm³/mol. The lowest BCUT2D eigenvalue weighted by molar-refractivity contribution is 0.362. The van der Waals surface area contributed by atoms with Gasteiger partial charge in [0.2, 0.25) is 0 Å². The van der Waals surface area contributed by atoms with E-state index in [-0.39, 0.29) is 10.8 Å². The van der Waals surface area contributed by atoms with Gasteiger partial charge in [-0.3, -0.25) is 0 Å². The summed E-state index contributed by atoms with van der Waals surface area (Å²) >= 11 is 5.10. The van der Waals surface area contributed by atoms with E-state index < -0.39 is 0 Å². The zero-order valence-electron chi connectivity index (χ0n) is 11.9. The minimum absolute atomic E-state index is 0.0605. The van der Waals surface area contributed by atoms with E-state index in [9.17, 15) is 0 Å². The fourth-order valence-corrected chi connectivity index (χ4v) is 7.17. The molecule has 0 saturated carbocycles. The van der Waals surface area contributed by atoms with Crippen molar-refractivity contribution >= 4 is 45.2 Å². The second kappa shape index (κ2) is 4.47. The minimum atomic E-state index is 0.0605. The summed E-state index contributed by atoms with van der Waals surface area (Å²) in [7, 11) is 0. The molecule has 0 unspecified atom stereocenters. The molecule has 0 spiro atoms. The molecule has 0 fully saturated rings. The van der Waals surface area contributed by atoms with E-state index in [0.717, 1.165) is 0 Å². The minimum Gasteiger partial charge on any atom is -0.0619 e. The van der Waals surface area contributed by atoms with Crippen LogP contribution in [0.15, 0.2) is 67.8 Å². The van der Waals surface area contributed by atoms with Crippen molar-refractivity contribution in [3.8, 4) is 11.1 Å². The van der Waals surface area contributed by atoms with Gasteiger partial charge >= 0.3 is 0 Å². The molecule has 0 N–H and O–H groups in total. The molecule has 0 atom stereocenters. The summed E-state index contributed by atoms with van der Waals surface area (Å²) in [4.78, 5) is 0. The third-order valence-electron chi connectivity index (χ3n) is 5.61. The second-order valence-electron chi connectivity index (χ2n) is 6.58. The highest BCUT2D eigenvalue weighted by atomic mass is 127. The molecule has 3 aliphatic carbocycles. The largest absolute Gasteiger partial charge is 0.0619 e. The van der Waals surface area contributed by atoms with Crippen LogP contribution in [0.5, 0.6) is 0 Å². The van der Waals surface area contributed by atoms with E-state index in [4.69, 9.17) is 0 Å². The molecule has 22 heavy (non-hydrogen) atoms. The van der Waals surface area contributed by atoms with Crippen molar-refractivity contribution in [1.29, 1.82) is 0 Å². The number of benzene rings is 2. The van der Waals surface area contributed by atoms with E-state index in [0.29, 0.717) is 0 Å². The Morgan fingerprint density at radius 1 is 0.682 bits per heavy atom. The summed E-state index contributed by atoms with van der Waals surface area (Å²) in [6.07, 6.45) is 7.41. The Morgan fingerprint density at radius 3 is 1.82 bits per heavy atom. The van der Waals surface area contributed by atoms with Crippen molar-refractivity contribution in [1.82, 2.24) is 0 Å². The molecule has 108 valence electrons. The molecular formula is C20H14I2. The molecule has 5 rings (SSSR count). The Bertz CT molecular complexity index is 851. The van der Waals surface area contributed by atoms with E-state index in [1.54, 1.807) is 5.56 Å². The van der Waals surface area contributed by atoms with E-state index >= 15 is 0 Å². The van der Waals surface area contributed by atoms with Crippen molar-refractivity contribution < 1.29 is 0 Å². The van der Waals surface area contributed by atoms with Gasteiger partial charge in [-0.15, -0.1) is 0 Å². The van der Waals surface area contributed by atoms with Crippen LogP contribution in [0.2, 0.25) is 0 Å². The molecular weight excluding hydrogens is 494 g/mol. The quantitative estimate of drug-likeness (QED) is 0.368. The van der Waals surface area contributed by atoms with E-state index in [2.05, 4.69) is 106 Å². The van der Waals surface area contributed by atoms with Crippen LogP contribution in [0.25, 0.3) is 11.1 Å². The van der Waals surface area contributed by atoms with E-state index in [1.807, 2.05) is 0 Å². The fourth-order valence-electron chi connectivity index (χ4n) is 4.89. The van der Waals surface area contributed by atoms with Gasteiger partial charge in [0.05, 0.1) is 0 Å². The monoisotopic (exact) mass is 508 g/mol. The SMILES string of the molecule is IC1=CC23C=C(I)CC2(C1)c1ccccc1-c1ccccc13. The first-order chi connectivity index (χ1) is 10.7. The Labute approximate surface area is 158 Å². The highest BCUT2D eigenvalue weighted by Gasteiger charge is 2.61. The van der Waals surface area contributed by atoms with Crippen molar-refractivity contribution in [3.63, 3.8) is 0 Å². The fraction of sp³-hybridized carbons (Fsp3) is 0.200. The smallest absolute Gasteiger partial charge is 0.0442 e. The topological polar surface area (TPSA) is 0 Å². The second-order valence-corrected chi connectivity index (χ2v) is 9.35. The molecule has 0 aliphatic heterocycles. The van der Waals surface area contributed by atoms with E-state index in [1.165, 1.54) is 36.7 Å². The molecule has 0 radical (unpaired) electrons. The van der Waals surface area contributed by atoms with Crippen LogP contribution < -0.4 is 0 Å². The van der Waals surface area contributed by atoms with Crippen LogP contribution in [-0.2, 0) is 10.8 Å². The first-order valence-electron chi connectivity index (χ1n) is 7.60. The molecule has 0 heterocycles. The summed E-state index contributed by atoms with van der Waals surface area (Å²) in [5.74, 6) is 0. The van der Waals surface area contributed by atoms with Gasteiger partial charge in [0, 0.05) is 10.8 Å². The van der Waals surface area contributed by atoms with Gasteiger partial charge in [-0.2, -0.15) is 0 Å². The van der Waals surface area contributed by atoms with Crippen LogP contribution in [0.1, 0.15) is 24.0 Å². The Kier molecular flexibility index (Phi) is 2.80. The number of hydrogen-bond acceptors (Lipinski definition) is 0. The zero-order chi connectivity index (χ0) is 14.9. The molecule has 2 aromatic rings. The summed E-state index contributed by atoms with van der Waals surface area (Å²) < 4.78 is 3.01. The zero-order valence-corrected chi connectivity index (χ0v) is 16.3. The number of halogens is 2. The maximum Gasteiger partial charge on any atom is 0.0442 e. The van der Waals surface area contributed by atoms with Gasteiger partial charge in [-0.1, -0.05) is 60.7 Å². The van der Waals surface area contributed by atoms with Gasteiger partial charge in [0.1, 0.15) is 0 Å². The van der Waals surface area contributed by atoms with Crippen molar-refractivity contribution in [2.24, 2.45) is 0 Å². The lowest BCUT2D eigenvalue weighted by Crippen LogP contribution is -2.43. The third-order valence-corrected chi connectivity index (χ3v) is 6.99. The predicted octanol–water partition coefficient (Wildman–Crippen LogP) is 6.29. The van der Waals surface area contributed by atoms with Gasteiger partial charge < -0.3 is 0 Å². The Morgan fingerprint density at radius 2 is 1.18 bits per heavy atom. The summed E-state index contributed by atoms with van der Waals surface area (Å²) in [5, 5.41) is 0. The first kappa shape index (κ1) is 13.8. The van der Waals surface area contributed by atoms with Gasteiger partial charge in [-0.25, -0.2) is 0 Å². The average molecular weight is 508 g/mol. The van der Waals surface area contributed by atoms with Crippen LogP contribution >= 0.6 is 45.2 Å². The highest BCUT2D eigenvalue weighted by molar-refractivity contribution is 14.1. The standard InChI is InChI=1S/C20H14I2/c21-13-9-19-10-14(22)12-20(19,11-13)18-8-4-2-6-16(18)15-5-1-3-7-17(15)19/h1-10H,11-12H2. The average Bonchev–Trinajstić information content (AvgIpc) is 2.96. The molecule has 0 saturated heterocycles. The number of allylic oxidation sites excluding steroid dienone is 4. The summed E-state index contributed by atoms with van der Waals surface area (Å²) in [5.41, 5.74) is 6.15. The van der Waals surface area contributed by atoms with Crippen molar-refractivity contribution in [2.75, 3.05) is 0 Å². The lowest BCUT2D eigenvalue weighted by atomic mass is 9.55. The van der Waals surface area contributed by atoms with Crippen LogP contribution in [-0.4, -0.2) is 0 Å². The summed E-state index contributed by atoms with van der Waals surface area (Å²) in [6.45, 7) is 0. The molecule has 0 amide bonds. The number of fused-ring (bicyclic) bond motifs is 3. The molecule has 2 heteroatoms. The normalized spacial score (nSPS) is 30.8. The molecule has 3 aliphatic rings. The van der Waals surface area contributed by atoms with Crippen molar-refractivity contribution in [3.05, 3.63) is 79.0 Å².